The molecule has 0 fully saturated rings. The first kappa shape index (κ1) is 13.2. The van der Waals surface area contributed by atoms with E-state index in [1.54, 1.807) is 0 Å². The van der Waals surface area contributed by atoms with Crippen LogP contribution in [-0.4, -0.2) is 5.25 Å². The number of halogens is 2. The molecule has 0 aliphatic heterocycles. The highest BCUT2D eigenvalue weighted by Crippen LogP contribution is 2.64. The van der Waals surface area contributed by atoms with Crippen molar-refractivity contribution < 1.29 is 4.57 Å². The number of hydrogen-bond donors (Lipinski definition) is 0. The van der Waals surface area contributed by atoms with Gasteiger partial charge in [0.15, 0.2) is 0 Å². The molecular weight excluding hydrogens is 272 g/mol. The van der Waals surface area contributed by atoms with Gasteiger partial charge >= 0.3 is 6.00 Å². The summed E-state index contributed by atoms with van der Waals surface area (Å²) in [4.78, 5) is 0. The van der Waals surface area contributed by atoms with Gasteiger partial charge in [-0.25, -0.2) is 4.08 Å². The van der Waals surface area contributed by atoms with Gasteiger partial charge in [0.05, 0.1) is 5.69 Å². The van der Waals surface area contributed by atoms with Gasteiger partial charge in [-0.15, -0.1) is 0 Å². The van der Waals surface area contributed by atoms with Crippen molar-refractivity contribution in [2.75, 3.05) is 4.08 Å². The summed E-state index contributed by atoms with van der Waals surface area (Å²) in [5.41, 5.74) is 0.754. The predicted molar refractivity (Wildman–Crippen MR) is 71.0 cm³/mol. The van der Waals surface area contributed by atoms with E-state index in [0.717, 1.165) is 5.69 Å². The maximum absolute atomic E-state index is 11.7. The number of rotatable bonds is 4. The molecule has 0 aliphatic carbocycles. The second-order valence-electron chi connectivity index (χ2n) is 3.20. The summed E-state index contributed by atoms with van der Waals surface area (Å²) in [6.07, 6.45) is 0. The van der Waals surface area contributed by atoms with Gasteiger partial charge in [0.1, 0.15) is 0 Å². The van der Waals surface area contributed by atoms with Crippen molar-refractivity contribution in [1.82, 2.24) is 0 Å². The summed E-state index contributed by atoms with van der Waals surface area (Å²) >= 11 is 12.8. The third-order valence-electron chi connectivity index (χ3n) is 1.50. The summed E-state index contributed by atoms with van der Waals surface area (Å²) in [6.45, 7) is 3.98. The van der Waals surface area contributed by atoms with Crippen molar-refractivity contribution in [3.8, 4) is 0 Å². The van der Waals surface area contributed by atoms with Crippen LogP contribution in [0.25, 0.3) is 0 Å². The van der Waals surface area contributed by atoms with E-state index in [9.17, 15) is 4.57 Å². The Morgan fingerprint density at radius 3 is 2.20 bits per heavy atom. The Labute approximate surface area is 104 Å². The molecule has 0 saturated heterocycles. The number of para-hydroxylation sites is 1. The predicted octanol–water partition coefficient (Wildman–Crippen LogP) is 5.14. The molecule has 0 saturated carbocycles. The van der Waals surface area contributed by atoms with Crippen LogP contribution >= 0.6 is 40.4 Å². The summed E-state index contributed by atoms with van der Waals surface area (Å²) in [5.74, 6) is -3.31. The maximum Gasteiger partial charge on any atom is 0.355 e. The number of benzene rings is 1. The fraction of sp³-hybridized carbons (Fsp3) is 0.333. The molecule has 6 heteroatoms. The van der Waals surface area contributed by atoms with Crippen LogP contribution in [0.2, 0.25) is 0 Å². The Bertz CT molecular complexity index is 354. The second-order valence-corrected chi connectivity index (χ2v) is 9.52. The molecule has 1 rings (SSSR count). The summed E-state index contributed by atoms with van der Waals surface area (Å²) in [5, 5.41) is 0.260. The molecule has 0 bridgehead atoms. The van der Waals surface area contributed by atoms with E-state index in [4.69, 9.17) is 22.5 Å². The van der Waals surface area contributed by atoms with Gasteiger partial charge in [0.25, 0.3) is 0 Å². The highest BCUT2D eigenvalue weighted by molar-refractivity contribution is 8.21. The number of hydrogen-bond acceptors (Lipinski definition) is 2. The van der Waals surface area contributed by atoms with Gasteiger partial charge in [-0.05, 0) is 46.6 Å². The largest absolute Gasteiger partial charge is 0.355 e. The lowest BCUT2D eigenvalue weighted by atomic mass is 10.3. The molecule has 1 aromatic rings. The average molecular weight is 284 g/mol. The summed E-state index contributed by atoms with van der Waals surface area (Å²) in [7, 11) is 0. The van der Waals surface area contributed by atoms with Crippen LogP contribution < -0.4 is 4.08 Å². The average Bonchev–Trinajstić information content (AvgIpc) is 2.14. The van der Waals surface area contributed by atoms with Gasteiger partial charge in [0.2, 0.25) is 0 Å². The van der Waals surface area contributed by atoms with Gasteiger partial charge in [-0.1, -0.05) is 32.0 Å². The van der Waals surface area contributed by atoms with E-state index in [0.29, 0.717) is 0 Å². The van der Waals surface area contributed by atoms with E-state index >= 15 is 0 Å². The van der Waals surface area contributed by atoms with Crippen molar-refractivity contribution in [2.45, 2.75) is 19.1 Å². The molecule has 0 aromatic heterocycles. The monoisotopic (exact) mass is 283 g/mol. The summed E-state index contributed by atoms with van der Waals surface area (Å²) < 4.78 is 13.2. The highest BCUT2D eigenvalue weighted by atomic mass is 35.9. The first-order valence-corrected chi connectivity index (χ1v) is 8.73. The van der Waals surface area contributed by atoms with E-state index in [1.807, 2.05) is 44.2 Å². The van der Waals surface area contributed by atoms with Gasteiger partial charge in [-0.3, -0.25) is 4.57 Å². The Morgan fingerprint density at radius 1 is 1.27 bits per heavy atom. The van der Waals surface area contributed by atoms with Crippen LogP contribution in [0.15, 0.2) is 30.3 Å². The standard InChI is InChI=1S/C9H12Cl2NOPS/c1-8(2)15-12(14(10,11)13)9-6-4-3-5-7-9/h3-8H,1-2H3. The van der Waals surface area contributed by atoms with Crippen molar-refractivity contribution >= 4 is 46.1 Å². The fourth-order valence-corrected chi connectivity index (χ4v) is 4.22. The molecule has 0 unspecified atom stereocenters. The van der Waals surface area contributed by atoms with Crippen molar-refractivity contribution in [2.24, 2.45) is 0 Å². The molecule has 0 amide bonds. The maximum atomic E-state index is 11.7. The minimum atomic E-state index is -3.31. The molecule has 2 nitrogen and oxygen atoms in total. The quantitative estimate of drug-likeness (QED) is 0.564. The number of nitrogens with zero attached hydrogens (tertiary/aromatic N) is 1. The van der Waals surface area contributed by atoms with Crippen LogP contribution in [0.3, 0.4) is 0 Å². The topological polar surface area (TPSA) is 20.3 Å². The van der Waals surface area contributed by atoms with E-state index in [1.165, 1.54) is 16.0 Å². The van der Waals surface area contributed by atoms with Crippen molar-refractivity contribution in [1.29, 1.82) is 0 Å². The van der Waals surface area contributed by atoms with Crippen LogP contribution in [0.4, 0.5) is 5.69 Å². The normalized spacial score (nSPS) is 11.8. The Hall–Kier alpha value is 0.180. The van der Waals surface area contributed by atoms with Crippen molar-refractivity contribution in [3.63, 3.8) is 0 Å². The fourth-order valence-electron chi connectivity index (χ4n) is 1.01. The lowest BCUT2D eigenvalue weighted by Gasteiger charge is -2.25. The molecule has 1 aromatic carbocycles. The molecular formula is C9H12Cl2NOPS. The lowest BCUT2D eigenvalue weighted by Crippen LogP contribution is -2.08. The highest BCUT2D eigenvalue weighted by Gasteiger charge is 2.27. The molecule has 15 heavy (non-hydrogen) atoms. The molecule has 0 spiro atoms. The molecule has 0 heterocycles. The zero-order chi connectivity index (χ0) is 11.5. The van der Waals surface area contributed by atoms with Crippen LogP contribution in [0.1, 0.15) is 13.8 Å². The van der Waals surface area contributed by atoms with E-state index < -0.39 is 6.00 Å². The molecule has 0 radical (unpaired) electrons. The molecule has 0 aliphatic rings. The first-order valence-electron chi connectivity index (χ1n) is 4.43. The Kier molecular flexibility index (Phi) is 4.85. The van der Waals surface area contributed by atoms with Gasteiger partial charge in [-0.2, -0.15) is 0 Å². The third-order valence-corrected chi connectivity index (χ3v) is 5.40. The number of anilines is 1. The Balaban J connectivity index is 2.97. The lowest BCUT2D eigenvalue weighted by molar-refractivity contribution is 0.594. The molecule has 0 N–H and O–H groups in total. The Morgan fingerprint density at radius 2 is 1.80 bits per heavy atom. The molecule has 84 valence electrons. The van der Waals surface area contributed by atoms with Crippen LogP contribution in [-0.2, 0) is 4.57 Å². The third kappa shape index (κ3) is 4.28. The first-order chi connectivity index (χ1) is 6.91. The van der Waals surface area contributed by atoms with Crippen LogP contribution in [0, 0.1) is 0 Å². The van der Waals surface area contributed by atoms with Crippen molar-refractivity contribution in [3.05, 3.63) is 30.3 Å². The van der Waals surface area contributed by atoms with Gasteiger partial charge in [0, 0.05) is 5.25 Å². The SMILES string of the molecule is CC(C)SN(c1ccccc1)P(=O)(Cl)Cl. The van der Waals surface area contributed by atoms with E-state index in [2.05, 4.69) is 0 Å². The summed E-state index contributed by atoms with van der Waals surface area (Å²) in [6, 6.07) is 9.24. The van der Waals surface area contributed by atoms with Crippen LogP contribution in [0.5, 0.6) is 0 Å². The van der Waals surface area contributed by atoms with Gasteiger partial charge < -0.3 is 0 Å². The minimum Gasteiger partial charge on any atom is -0.263 e. The second kappa shape index (κ2) is 5.49. The molecule has 0 atom stereocenters. The smallest absolute Gasteiger partial charge is 0.263 e. The zero-order valence-corrected chi connectivity index (χ0v) is 11.7. The zero-order valence-electron chi connectivity index (χ0n) is 8.43. The minimum absolute atomic E-state index is 0.260. The van der Waals surface area contributed by atoms with E-state index in [-0.39, 0.29) is 5.25 Å².